The van der Waals surface area contributed by atoms with Crippen molar-refractivity contribution in [3.8, 4) is 5.75 Å². The van der Waals surface area contributed by atoms with E-state index in [4.69, 9.17) is 14.2 Å². The Bertz CT molecular complexity index is 615. The molecule has 0 radical (unpaired) electrons. The highest BCUT2D eigenvalue weighted by atomic mass is 32.1. The first kappa shape index (κ1) is 14.6. The average molecular weight is 292 g/mol. The predicted molar refractivity (Wildman–Crippen MR) is 80.0 cm³/mol. The van der Waals surface area contributed by atoms with Crippen molar-refractivity contribution in [1.82, 2.24) is 0 Å². The maximum atomic E-state index is 11.3. The highest BCUT2D eigenvalue weighted by molar-refractivity contribution is 7.19. The quantitative estimate of drug-likeness (QED) is 0.464. The second kappa shape index (κ2) is 7.07. The number of esters is 1. The first-order valence-electron chi connectivity index (χ1n) is 6.23. The zero-order chi connectivity index (χ0) is 14.4. The van der Waals surface area contributed by atoms with Gasteiger partial charge in [0.2, 0.25) is 0 Å². The summed E-state index contributed by atoms with van der Waals surface area (Å²) in [7, 11) is 1.58. The van der Waals surface area contributed by atoms with E-state index in [0.717, 1.165) is 20.7 Å². The van der Waals surface area contributed by atoms with E-state index in [0.29, 0.717) is 6.61 Å². The van der Waals surface area contributed by atoms with Gasteiger partial charge >= 0.3 is 5.97 Å². The van der Waals surface area contributed by atoms with Crippen molar-refractivity contribution >= 4 is 33.5 Å². The molecule has 0 unspecified atom stereocenters. The minimum absolute atomic E-state index is 0.227. The van der Waals surface area contributed by atoms with Gasteiger partial charge in [-0.2, -0.15) is 0 Å². The normalized spacial score (nSPS) is 11.1. The van der Waals surface area contributed by atoms with Crippen molar-refractivity contribution in [2.75, 3.05) is 20.5 Å². The van der Waals surface area contributed by atoms with Crippen molar-refractivity contribution in [2.24, 2.45) is 0 Å². The second-order valence-electron chi connectivity index (χ2n) is 3.98. The van der Waals surface area contributed by atoms with Crippen LogP contribution >= 0.6 is 11.3 Å². The lowest BCUT2D eigenvalue weighted by molar-refractivity contribution is -0.137. The molecule has 0 aliphatic rings. The summed E-state index contributed by atoms with van der Waals surface area (Å²) in [6.07, 6.45) is 3.20. The SMILES string of the molecule is CCOC(=O)/C=C/c1cc2cc(OCOC)ccc2s1. The van der Waals surface area contributed by atoms with Crippen LogP contribution < -0.4 is 4.74 Å². The Hall–Kier alpha value is -1.85. The zero-order valence-corrected chi connectivity index (χ0v) is 12.2. The van der Waals surface area contributed by atoms with Crippen molar-refractivity contribution < 1.29 is 19.0 Å². The van der Waals surface area contributed by atoms with Crippen LogP contribution in [0.1, 0.15) is 11.8 Å². The number of benzene rings is 1. The summed E-state index contributed by atoms with van der Waals surface area (Å²) in [5.74, 6) is 0.437. The number of thiophene rings is 1. The van der Waals surface area contributed by atoms with E-state index >= 15 is 0 Å². The fourth-order valence-electron chi connectivity index (χ4n) is 1.68. The van der Waals surface area contributed by atoms with Gasteiger partial charge in [-0.05, 0) is 42.7 Å². The molecule has 0 aliphatic heterocycles. The van der Waals surface area contributed by atoms with E-state index in [1.54, 1.807) is 31.4 Å². The topological polar surface area (TPSA) is 44.8 Å². The van der Waals surface area contributed by atoms with Crippen molar-refractivity contribution in [2.45, 2.75) is 6.92 Å². The van der Waals surface area contributed by atoms with Crippen LogP contribution in [0.15, 0.2) is 30.3 Å². The Morgan fingerprint density at radius 2 is 2.20 bits per heavy atom. The number of rotatable bonds is 6. The highest BCUT2D eigenvalue weighted by Gasteiger charge is 2.02. The Morgan fingerprint density at radius 1 is 1.35 bits per heavy atom. The summed E-state index contributed by atoms with van der Waals surface area (Å²) in [5, 5.41) is 1.08. The number of hydrogen-bond donors (Lipinski definition) is 0. The van der Waals surface area contributed by atoms with Gasteiger partial charge in [0.1, 0.15) is 5.75 Å². The van der Waals surface area contributed by atoms with Gasteiger partial charge in [-0.1, -0.05) is 0 Å². The van der Waals surface area contributed by atoms with Crippen molar-refractivity contribution in [3.05, 3.63) is 35.2 Å². The Labute approximate surface area is 121 Å². The minimum Gasteiger partial charge on any atom is -0.468 e. The van der Waals surface area contributed by atoms with Gasteiger partial charge in [0.15, 0.2) is 6.79 Å². The fourth-order valence-corrected chi connectivity index (χ4v) is 2.63. The van der Waals surface area contributed by atoms with E-state index < -0.39 is 0 Å². The molecule has 4 nitrogen and oxygen atoms in total. The smallest absolute Gasteiger partial charge is 0.330 e. The standard InChI is InChI=1S/C15H16O4S/c1-3-18-15(16)7-5-13-9-11-8-12(19-10-17-2)4-6-14(11)20-13/h4-9H,3,10H2,1-2H3/b7-5+. The number of ether oxygens (including phenoxy) is 3. The van der Waals surface area contributed by atoms with Gasteiger partial charge in [0.05, 0.1) is 6.61 Å². The Kier molecular flexibility index (Phi) is 5.15. The molecule has 1 heterocycles. The molecule has 5 heteroatoms. The molecule has 0 saturated heterocycles. The maximum absolute atomic E-state index is 11.3. The molecule has 0 fully saturated rings. The molecule has 106 valence electrons. The molecule has 1 aromatic heterocycles. The van der Waals surface area contributed by atoms with Crippen LogP contribution in [0.5, 0.6) is 5.75 Å². The van der Waals surface area contributed by atoms with E-state index in [2.05, 4.69) is 0 Å². The van der Waals surface area contributed by atoms with Gasteiger partial charge < -0.3 is 14.2 Å². The highest BCUT2D eigenvalue weighted by Crippen LogP contribution is 2.29. The Balaban J connectivity index is 2.14. The molecule has 0 spiro atoms. The molecule has 0 atom stereocenters. The monoisotopic (exact) mass is 292 g/mol. The molecule has 1 aromatic carbocycles. The van der Waals surface area contributed by atoms with E-state index in [1.165, 1.54) is 6.08 Å². The van der Waals surface area contributed by atoms with Crippen LogP contribution in [0, 0.1) is 0 Å². The van der Waals surface area contributed by atoms with Gasteiger partial charge in [-0.25, -0.2) is 4.79 Å². The number of carbonyl (C=O) groups is 1. The molecule has 20 heavy (non-hydrogen) atoms. The summed E-state index contributed by atoms with van der Waals surface area (Å²) >= 11 is 1.61. The van der Waals surface area contributed by atoms with Crippen LogP contribution in [0.4, 0.5) is 0 Å². The first-order valence-corrected chi connectivity index (χ1v) is 7.04. The number of carbonyl (C=O) groups excluding carboxylic acids is 1. The molecular formula is C15H16O4S. The number of methoxy groups -OCH3 is 1. The van der Waals surface area contributed by atoms with E-state index in [-0.39, 0.29) is 12.8 Å². The molecule has 0 bridgehead atoms. The van der Waals surface area contributed by atoms with Crippen LogP contribution in [-0.4, -0.2) is 26.5 Å². The van der Waals surface area contributed by atoms with Crippen LogP contribution in [-0.2, 0) is 14.3 Å². The summed E-state index contributed by atoms with van der Waals surface area (Å²) < 4.78 is 16.2. The van der Waals surface area contributed by atoms with Crippen LogP contribution in [0.25, 0.3) is 16.2 Å². The third-order valence-corrected chi connectivity index (χ3v) is 3.60. The maximum Gasteiger partial charge on any atom is 0.330 e. The summed E-state index contributed by atoms with van der Waals surface area (Å²) in [5.41, 5.74) is 0. The predicted octanol–water partition coefficient (Wildman–Crippen LogP) is 3.46. The van der Waals surface area contributed by atoms with Crippen molar-refractivity contribution in [3.63, 3.8) is 0 Å². The van der Waals surface area contributed by atoms with E-state index in [1.807, 2.05) is 24.3 Å². The fraction of sp³-hybridized carbons (Fsp3) is 0.267. The Morgan fingerprint density at radius 3 is 2.95 bits per heavy atom. The van der Waals surface area contributed by atoms with Gasteiger partial charge in [0, 0.05) is 22.8 Å². The van der Waals surface area contributed by atoms with E-state index in [9.17, 15) is 4.79 Å². The lowest BCUT2D eigenvalue weighted by atomic mass is 10.2. The van der Waals surface area contributed by atoms with Crippen molar-refractivity contribution in [1.29, 1.82) is 0 Å². The molecular weight excluding hydrogens is 276 g/mol. The lowest BCUT2D eigenvalue weighted by Gasteiger charge is -2.03. The molecule has 0 N–H and O–H groups in total. The molecule has 0 aliphatic carbocycles. The summed E-state index contributed by atoms with van der Waals surface area (Å²) in [4.78, 5) is 12.3. The molecule has 2 rings (SSSR count). The lowest BCUT2D eigenvalue weighted by Crippen LogP contribution is -1.98. The zero-order valence-electron chi connectivity index (χ0n) is 11.4. The molecule has 0 amide bonds. The minimum atomic E-state index is -0.325. The van der Waals surface area contributed by atoms with Crippen LogP contribution in [0.3, 0.4) is 0 Å². The average Bonchev–Trinajstić information content (AvgIpc) is 2.85. The van der Waals surface area contributed by atoms with Crippen LogP contribution in [0.2, 0.25) is 0 Å². The van der Waals surface area contributed by atoms with Gasteiger partial charge in [-0.3, -0.25) is 0 Å². The second-order valence-corrected chi connectivity index (χ2v) is 5.10. The van der Waals surface area contributed by atoms with Gasteiger partial charge in [0.25, 0.3) is 0 Å². The molecule has 2 aromatic rings. The third-order valence-electron chi connectivity index (χ3n) is 2.52. The number of fused-ring (bicyclic) bond motifs is 1. The third kappa shape index (κ3) is 3.82. The number of hydrogen-bond acceptors (Lipinski definition) is 5. The molecule has 0 saturated carbocycles. The summed E-state index contributed by atoms with van der Waals surface area (Å²) in [6.45, 7) is 2.40. The largest absolute Gasteiger partial charge is 0.468 e. The first-order chi connectivity index (χ1) is 9.72. The summed E-state index contributed by atoms with van der Waals surface area (Å²) in [6, 6.07) is 7.85. The van der Waals surface area contributed by atoms with Gasteiger partial charge in [-0.15, -0.1) is 11.3 Å².